The van der Waals surface area contributed by atoms with Gasteiger partial charge in [-0.25, -0.2) is 4.39 Å². The fourth-order valence-corrected chi connectivity index (χ4v) is 1.23. The van der Waals surface area contributed by atoms with Crippen LogP contribution in [0.1, 0.15) is 13.8 Å². The van der Waals surface area contributed by atoms with Crippen molar-refractivity contribution in [2.45, 2.75) is 13.8 Å². The summed E-state index contributed by atoms with van der Waals surface area (Å²) < 4.78 is 13.6. The van der Waals surface area contributed by atoms with Gasteiger partial charge < -0.3 is 10.2 Å². The van der Waals surface area contributed by atoms with Crippen molar-refractivity contribution < 1.29 is 9.18 Å². The summed E-state index contributed by atoms with van der Waals surface area (Å²) in [6.45, 7) is 3.58. The van der Waals surface area contributed by atoms with E-state index in [9.17, 15) is 9.18 Å². The Bertz CT molecular complexity index is 389. The van der Waals surface area contributed by atoms with Gasteiger partial charge in [-0.15, -0.1) is 0 Å². The largest absolute Gasteiger partial charge is 0.375 e. The van der Waals surface area contributed by atoms with Crippen LogP contribution in [0.2, 0.25) is 0 Å². The Morgan fingerprint density at radius 2 is 2.00 bits per heavy atom. The van der Waals surface area contributed by atoms with Crippen LogP contribution < -0.4 is 10.2 Å². The summed E-state index contributed by atoms with van der Waals surface area (Å²) in [5.74, 6) is -0.569. The van der Waals surface area contributed by atoms with Crippen molar-refractivity contribution in [1.29, 1.82) is 0 Å². The zero-order chi connectivity index (χ0) is 12.3. The lowest BCUT2D eigenvalue weighted by atomic mass is 10.2. The highest BCUT2D eigenvalue weighted by Crippen LogP contribution is 2.21. The van der Waals surface area contributed by atoms with Crippen molar-refractivity contribution >= 4 is 17.3 Å². The van der Waals surface area contributed by atoms with Gasteiger partial charge in [0.05, 0.1) is 5.69 Å². The molecule has 0 aromatic heterocycles. The molecule has 1 aromatic rings. The minimum atomic E-state index is -0.341. The monoisotopic (exact) mass is 224 g/mol. The molecule has 0 saturated carbocycles. The molecule has 1 aromatic carbocycles. The van der Waals surface area contributed by atoms with E-state index in [1.54, 1.807) is 45.0 Å². The van der Waals surface area contributed by atoms with E-state index < -0.39 is 0 Å². The molecule has 0 unspecified atom stereocenters. The molecule has 0 heterocycles. The summed E-state index contributed by atoms with van der Waals surface area (Å²) in [6, 6.07) is 4.67. The van der Waals surface area contributed by atoms with E-state index in [1.807, 2.05) is 0 Å². The molecule has 1 amide bonds. The Morgan fingerprint density at radius 1 is 1.38 bits per heavy atom. The zero-order valence-electron chi connectivity index (χ0n) is 10.0. The van der Waals surface area contributed by atoms with Gasteiger partial charge in [0.15, 0.2) is 0 Å². The van der Waals surface area contributed by atoms with Crippen LogP contribution in [0.3, 0.4) is 0 Å². The van der Waals surface area contributed by atoms with Crippen LogP contribution in [0.5, 0.6) is 0 Å². The molecule has 0 bridgehead atoms. The van der Waals surface area contributed by atoms with Gasteiger partial charge in [0.1, 0.15) is 5.82 Å². The SMILES string of the molecule is CC(C)C(=O)Nc1ccc(N(C)C)c(F)c1. The van der Waals surface area contributed by atoms with Crippen LogP contribution in [-0.4, -0.2) is 20.0 Å². The lowest BCUT2D eigenvalue weighted by Gasteiger charge is -2.15. The Balaban J connectivity index is 2.85. The number of nitrogens with one attached hydrogen (secondary N) is 1. The van der Waals surface area contributed by atoms with E-state index in [4.69, 9.17) is 0 Å². The van der Waals surface area contributed by atoms with Crippen molar-refractivity contribution in [2.75, 3.05) is 24.3 Å². The van der Waals surface area contributed by atoms with Crippen LogP contribution in [0.4, 0.5) is 15.8 Å². The van der Waals surface area contributed by atoms with Crippen molar-refractivity contribution in [1.82, 2.24) is 0 Å². The first kappa shape index (κ1) is 12.5. The van der Waals surface area contributed by atoms with Gasteiger partial charge in [-0.2, -0.15) is 0 Å². The normalized spacial score (nSPS) is 10.4. The lowest BCUT2D eigenvalue weighted by Crippen LogP contribution is -2.18. The van der Waals surface area contributed by atoms with E-state index in [1.165, 1.54) is 6.07 Å². The predicted molar refractivity (Wildman–Crippen MR) is 64.2 cm³/mol. The van der Waals surface area contributed by atoms with Crippen LogP contribution in [0.25, 0.3) is 0 Å². The summed E-state index contributed by atoms with van der Waals surface area (Å²) in [4.78, 5) is 13.1. The molecular weight excluding hydrogens is 207 g/mol. The maximum atomic E-state index is 13.6. The first-order valence-electron chi connectivity index (χ1n) is 5.19. The predicted octanol–water partition coefficient (Wildman–Crippen LogP) is 2.49. The van der Waals surface area contributed by atoms with Gasteiger partial charge >= 0.3 is 0 Å². The molecule has 0 saturated heterocycles. The third-order valence-corrected chi connectivity index (χ3v) is 2.22. The summed E-state index contributed by atoms with van der Waals surface area (Å²) in [5, 5.41) is 2.65. The maximum absolute atomic E-state index is 13.6. The van der Waals surface area contributed by atoms with E-state index in [0.717, 1.165) is 0 Å². The molecule has 16 heavy (non-hydrogen) atoms. The number of carbonyl (C=O) groups is 1. The maximum Gasteiger partial charge on any atom is 0.226 e. The quantitative estimate of drug-likeness (QED) is 0.855. The summed E-state index contributed by atoms with van der Waals surface area (Å²) in [6.07, 6.45) is 0. The summed E-state index contributed by atoms with van der Waals surface area (Å²) in [7, 11) is 3.54. The summed E-state index contributed by atoms with van der Waals surface area (Å²) >= 11 is 0. The van der Waals surface area contributed by atoms with Crippen LogP contribution >= 0.6 is 0 Å². The number of nitrogens with zero attached hydrogens (tertiary/aromatic N) is 1. The topological polar surface area (TPSA) is 32.3 Å². The van der Waals surface area contributed by atoms with Crippen LogP contribution in [0, 0.1) is 11.7 Å². The van der Waals surface area contributed by atoms with Crippen molar-refractivity contribution in [2.24, 2.45) is 5.92 Å². The molecule has 0 radical (unpaired) electrons. The molecule has 0 spiro atoms. The highest BCUT2D eigenvalue weighted by atomic mass is 19.1. The Hall–Kier alpha value is -1.58. The fraction of sp³-hybridized carbons (Fsp3) is 0.417. The molecular formula is C12H17FN2O. The minimum Gasteiger partial charge on any atom is -0.375 e. The van der Waals surface area contributed by atoms with E-state index in [2.05, 4.69) is 5.32 Å². The van der Waals surface area contributed by atoms with Gasteiger partial charge in [0.2, 0.25) is 5.91 Å². The van der Waals surface area contributed by atoms with Crippen LogP contribution in [-0.2, 0) is 4.79 Å². The van der Waals surface area contributed by atoms with Gasteiger partial charge in [-0.05, 0) is 18.2 Å². The second-order valence-corrected chi connectivity index (χ2v) is 4.20. The van der Waals surface area contributed by atoms with Crippen LogP contribution in [0.15, 0.2) is 18.2 Å². The highest BCUT2D eigenvalue weighted by molar-refractivity contribution is 5.92. The van der Waals surface area contributed by atoms with Gasteiger partial charge in [0, 0.05) is 25.7 Å². The van der Waals surface area contributed by atoms with Crippen molar-refractivity contribution in [3.8, 4) is 0 Å². The smallest absolute Gasteiger partial charge is 0.226 e. The van der Waals surface area contributed by atoms with E-state index in [-0.39, 0.29) is 17.6 Å². The second-order valence-electron chi connectivity index (χ2n) is 4.20. The number of rotatable bonds is 3. The number of hydrogen-bond donors (Lipinski definition) is 1. The number of halogens is 1. The van der Waals surface area contributed by atoms with Gasteiger partial charge in [-0.3, -0.25) is 4.79 Å². The van der Waals surface area contributed by atoms with Gasteiger partial charge in [-0.1, -0.05) is 13.8 Å². The van der Waals surface area contributed by atoms with E-state index >= 15 is 0 Å². The average molecular weight is 224 g/mol. The fourth-order valence-electron chi connectivity index (χ4n) is 1.23. The molecule has 0 aliphatic carbocycles. The number of carbonyl (C=O) groups excluding carboxylic acids is 1. The van der Waals surface area contributed by atoms with Crippen molar-refractivity contribution in [3.05, 3.63) is 24.0 Å². The number of anilines is 2. The summed E-state index contributed by atoms with van der Waals surface area (Å²) in [5.41, 5.74) is 0.990. The zero-order valence-corrected chi connectivity index (χ0v) is 10.0. The molecule has 1 rings (SSSR count). The molecule has 0 atom stereocenters. The molecule has 0 aliphatic rings. The third-order valence-electron chi connectivity index (χ3n) is 2.22. The molecule has 1 N–H and O–H groups in total. The number of amides is 1. The minimum absolute atomic E-state index is 0.114. The second kappa shape index (κ2) is 4.96. The first-order valence-corrected chi connectivity index (χ1v) is 5.19. The number of hydrogen-bond acceptors (Lipinski definition) is 2. The molecule has 3 nitrogen and oxygen atoms in total. The highest BCUT2D eigenvalue weighted by Gasteiger charge is 2.09. The standard InChI is InChI=1S/C12H17FN2O/c1-8(2)12(16)14-9-5-6-11(15(3)4)10(13)7-9/h5-8H,1-4H3,(H,14,16). The van der Waals surface area contributed by atoms with Crippen molar-refractivity contribution in [3.63, 3.8) is 0 Å². The molecule has 0 aliphatic heterocycles. The Kier molecular flexibility index (Phi) is 3.88. The van der Waals surface area contributed by atoms with Gasteiger partial charge in [0.25, 0.3) is 0 Å². The third kappa shape index (κ3) is 2.95. The number of benzene rings is 1. The molecule has 4 heteroatoms. The Morgan fingerprint density at radius 3 is 2.44 bits per heavy atom. The molecule has 88 valence electrons. The lowest BCUT2D eigenvalue weighted by molar-refractivity contribution is -0.118. The molecule has 0 fully saturated rings. The average Bonchev–Trinajstić information content (AvgIpc) is 2.16. The Labute approximate surface area is 95.3 Å². The first-order chi connectivity index (χ1) is 7.41. The van der Waals surface area contributed by atoms with E-state index in [0.29, 0.717) is 11.4 Å².